The summed E-state index contributed by atoms with van der Waals surface area (Å²) in [4.78, 5) is 12.0. The Hall–Kier alpha value is -1.86. The first-order valence-corrected chi connectivity index (χ1v) is 8.73. The van der Waals surface area contributed by atoms with Gasteiger partial charge in [0, 0.05) is 6.42 Å². The van der Waals surface area contributed by atoms with Crippen LogP contribution in [0.2, 0.25) is 0 Å². The molecule has 3 nitrogen and oxygen atoms in total. The van der Waals surface area contributed by atoms with Gasteiger partial charge in [0.25, 0.3) is 0 Å². The molecule has 0 aliphatic rings. The van der Waals surface area contributed by atoms with Crippen molar-refractivity contribution >= 4 is 23.9 Å². The van der Waals surface area contributed by atoms with Gasteiger partial charge in [-0.05, 0) is 30.7 Å². The van der Waals surface area contributed by atoms with Gasteiger partial charge in [0.2, 0.25) is 0 Å². The van der Waals surface area contributed by atoms with Gasteiger partial charge in [0.05, 0.1) is 10.6 Å². The molecule has 4 heteroatoms. The zero-order chi connectivity index (χ0) is 15.1. The summed E-state index contributed by atoms with van der Waals surface area (Å²) in [6, 6.07) is 17.8. The molecule has 0 aliphatic heterocycles. The van der Waals surface area contributed by atoms with Crippen LogP contribution in [0.4, 0.5) is 0 Å². The van der Waals surface area contributed by atoms with E-state index in [2.05, 4.69) is 0 Å². The summed E-state index contributed by atoms with van der Waals surface area (Å²) in [6.07, 6.45) is 1.93. The zero-order valence-electron chi connectivity index (χ0n) is 12.1. The standard InChI is InChI=1S/C17H19O3P/c1-2-3-14-17(18)20-21(19,15-10-6-4-7-11-15)16-12-8-5-9-13-16/h4-13H,2-3,14H2,1H3. The minimum atomic E-state index is -3.37. The van der Waals surface area contributed by atoms with Crippen LogP contribution in [0.1, 0.15) is 26.2 Å². The van der Waals surface area contributed by atoms with Gasteiger partial charge in [-0.15, -0.1) is 0 Å². The molecule has 21 heavy (non-hydrogen) atoms. The summed E-state index contributed by atoms with van der Waals surface area (Å²) in [5, 5.41) is 1.09. The largest absolute Gasteiger partial charge is 0.405 e. The maximum Gasteiger partial charge on any atom is 0.311 e. The molecular weight excluding hydrogens is 283 g/mol. The number of hydrogen-bond acceptors (Lipinski definition) is 3. The van der Waals surface area contributed by atoms with E-state index in [4.69, 9.17) is 4.52 Å². The first-order chi connectivity index (χ1) is 10.2. The number of rotatable bonds is 6. The third kappa shape index (κ3) is 3.83. The molecule has 2 aromatic carbocycles. The molecule has 0 amide bonds. The lowest BCUT2D eigenvalue weighted by Crippen LogP contribution is -2.20. The molecule has 0 fully saturated rings. The molecule has 0 aliphatic carbocycles. The number of hydrogen-bond donors (Lipinski definition) is 0. The number of carbonyl (C=O) groups excluding carboxylic acids is 1. The molecule has 0 radical (unpaired) electrons. The van der Waals surface area contributed by atoms with Gasteiger partial charge in [-0.2, -0.15) is 0 Å². The van der Waals surface area contributed by atoms with E-state index in [0.29, 0.717) is 17.0 Å². The smallest absolute Gasteiger partial charge is 0.311 e. The van der Waals surface area contributed by atoms with Gasteiger partial charge in [-0.1, -0.05) is 49.7 Å². The molecular formula is C17H19O3P. The van der Waals surface area contributed by atoms with Crippen molar-refractivity contribution in [2.24, 2.45) is 0 Å². The van der Waals surface area contributed by atoms with Crippen molar-refractivity contribution in [3.63, 3.8) is 0 Å². The van der Waals surface area contributed by atoms with E-state index >= 15 is 0 Å². The first-order valence-electron chi connectivity index (χ1n) is 7.10. The van der Waals surface area contributed by atoms with E-state index in [1.807, 2.05) is 19.1 Å². The second kappa shape index (κ2) is 7.24. The van der Waals surface area contributed by atoms with Crippen LogP contribution in [0.5, 0.6) is 0 Å². The predicted molar refractivity (Wildman–Crippen MR) is 85.4 cm³/mol. The molecule has 0 atom stereocenters. The summed E-state index contributed by atoms with van der Waals surface area (Å²) in [5.74, 6) is -0.409. The van der Waals surface area contributed by atoms with Gasteiger partial charge in [-0.25, -0.2) is 0 Å². The highest BCUT2D eigenvalue weighted by Crippen LogP contribution is 2.45. The fraction of sp³-hybridized carbons (Fsp3) is 0.235. The fourth-order valence-corrected chi connectivity index (χ4v) is 4.03. The first kappa shape index (κ1) is 15.5. The summed E-state index contributed by atoms with van der Waals surface area (Å²) in [6.45, 7) is 2.00. The third-order valence-corrected chi connectivity index (χ3v) is 5.57. The molecule has 110 valence electrons. The van der Waals surface area contributed by atoms with E-state index < -0.39 is 13.3 Å². The molecule has 2 aromatic rings. The van der Waals surface area contributed by atoms with Gasteiger partial charge in [-0.3, -0.25) is 9.36 Å². The lowest BCUT2D eigenvalue weighted by Gasteiger charge is -2.19. The third-order valence-electron chi connectivity index (χ3n) is 3.16. The topological polar surface area (TPSA) is 43.4 Å². The van der Waals surface area contributed by atoms with Crippen LogP contribution in [0.25, 0.3) is 0 Å². The molecule has 0 bridgehead atoms. The van der Waals surface area contributed by atoms with Crippen LogP contribution in [-0.4, -0.2) is 5.97 Å². The Labute approximate surface area is 125 Å². The second-order valence-electron chi connectivity index (χ2n) is 4.79. The van der Waals surface area contributed by atoms with Crippen LogP contribution in [0.3, 0.4) is 0 Å². The predicted octanol–water partition coefficient (Wildman–Crippen LogP) is 3.65. The van der Waals surface area contributed by atoms with Gasteiger partial charge >= 0.3 is 13.3 Å². The average Bonchev–Trinajstić information content (AvgIpc) is 2.54. The van der Waals surface area contributed by atoms with E-state index in [1.165, 1.54) is 0 Å². The zero-order valence-corrected chi connectivity index (χ0v) is 13.0. The Balaban J connectivity index is 2.36. The molecule has 0 saturated carbocycles. The second-order valence-corrected chi connectivity index (χ2v) is 7.11. The molecule has 2 rings (SSSR count). The monoisotopic (exact) mass is 302 g/mol. The van der Waals surface area contributed by atoms with Gasteiger partial charge in [0.1, 0.15) is 0 Å². The van der Waals surface area contributed by atoms with Crippen LogP contribution in [0, 0.1) is 0 Å². The number of unbranched alkanes of at least 4 members (excludes halogenated alkanes) is 1. The molecule has 0 N–H and O–H groups in total. The van der Waals surface area contributed by atoms with E-state index in [-0.39, 0.29) is 0 Å². The van der Waals surface area contributed by atoms with Crippen molar-refractivity contribution < 1.29 is 13.9 Å². The van der Waals surface area contributed by atoms with Crippen molar-refractivity contribution in [3.05, 3.63) is 60.7 Å². The maximum absolute atomic E-state index is 13.3. The summed E-state index contributed by atoms with van der Waals surface area (Å²) >= 11 is 0. The Bertz CT molecular complexity index is 579. The lowest BCUT2D eigenvalue weighted by molar-refractivity contribution is -0.134. The highest BCUT2D eigenvalue weighted by Gasteiger charge is 2.31. The Morgan fingerprint density at radius 3 is 1.86 bits per heavy atom. The van der Waals surface area contributed by atoms with Crippen molar-refractivity contribution in [1.29, 1.82) is 0 Å². The van der Waals surface area contributed by atoms with Crippen LogP contribution < -0.4 is 10.6 Å². The van der Waals surface area contributed by atoms with E-state index in [0.717, 1.165) is 12.8 Å². The minimum Gasteiger partial charge on any atom is -0.405 e. The molecule has 0 heterocycles. The lowest BCUT2D eigenvalue weighted by atomic mass is 10.3. The number of benzene rings is 2. The normalized spacial score (nSPS) is 11.1. The van der Waals surface area contributed by atoms with Crippen LogP contribution >= 0.6 is 7.37 Å². The molecule has 0 saturated heterocycles. The Morgan fingerprint density at radius 2 is 1.43 bits per heavy atom. The van der Waals surface area contributed by atoms with Crippen LogP contribution in [0.15, 0.2) is 60.7 Å². The minimum absolute atomic E-state index is 0.292. The van der Waals surface area contributed by atoms with E-state index in [9.17, 15) is 9.36 Å². The molecule has 0 aromatic heterocycles. The van der Waals surface area contributed by atoms with Crippen molar-refractivity contribution in [2.45, 2.75) is 26.2 Å². The Morgan fingerprint density at radius 1 is 0.952 bits per heavy atom. The van der Waals surface area contributed by atoms with Crippen molar-refractivity contribution in [3.8, 4) is 0 Å². The summed E-state index contributed by atoms with van der Waals surface area (Å²) < 4.78 is 18.8. The van der Waals surface area contributed by atoms with Crippen molar-refractivity contribution in [1.82, 2.24) is 0 Å². The average molecular weight is 302 g/mol. The molecule has 0 unspecified atom stereocenters. The van der Waals surface area contributed by atoms with Gasteiger partial charge < -0.3 is 4.52 Å². The highest BCUT2D eigenvalue weighted by molar-refractivity contribution is 7.74. The van der Waals surface area contributed by atoms with Crippen LogP contribution in [-0.2, 0) is 13.9 Å². The highest BCUT2D eigenvalue weighted by atomic mass is 31.2. The Kier molecular flexibility index (Phi) is 5.35. The van der Waals surface area contributed by atoms with E-state index in [1.54, 1.807) is 48.5 Å². The summed E-state index contributed by atoms with van der Waals surface area (Å²) in [5.41, 5.74) is 0. The van der Waals surface area contributed by atoms with Crippen molar-refractivity contribution in [2.75, 3.05) is 0 Å². The summed E-state index contributed by atoms with van der Waals surface area (Å²) in [7, 11) is -3.37. The SMILES string of the molecule is CCCCC(=O)OP(=O)(c1ccccc1)c1ccccc1. The quantitative estimate of drug-likeness (QED) is 0.765. The molecule has 0 spiro atoms. The fourth-order valence-electron chi connectivity index (χ4n) is 2.01. The van der Waals surface area contributed by atoms with Gasteiger partial charge in [0.15, 0.2) is 0 Å². The number of carbonyl (C=O) groups is 1. The maximum atomic E-state index is 13.3.